The van der Waals surface area contributed by atoms with Gasteiger partial charge in [-0.1, -0.05) is 13.8 Å². The van der Waals surface area contributed by atoms with E-state index in [2.05, 4.69) is 90.8 Å². The molecule has 2 N–H and O–H groups in total. The van der Waals surface area contributed by atoms with Gasteiger partial charge in [-0.2, -0.15) is 4.98 Å². The van der Waals surface area contributed by atoms with Crippen molar-refractivity contribution in [3.63, 3.8) is 0 Å². The first-order valence-corrected chi connectivity index (χ1v) is 12.6. The molecule has 0 amide bonds. The smallest absolute Gasteiger partial charge is 0.229 e. The standard InChI is InChI=1S/C28H39FN6O/c1-9-36-23-13-12-20(16-22(23)35-18(2)10-11-19(35)3)31-26-30-17-21(29)25(33-26)32-24-14-15-34(8)28(6,7)27(24,4)5/h10-13,16-17,24H,9,14-15H2,1-8H3,(H2,30,31,32,33). The van der Waals surface area contributed by atoms with Crippen molar-refractivity contribution in [2.45, 2.75) is 66.5 Å². The number of halogens is 1. The number of rotatable bonds is 7. The average Bonchev–Trinajstić information content (AvgIpc) is 3.16. The summed E-state index contributed by atoms with van der Waals surface area (Å²) in [5.74, 6) is 0.883. The van der Waals surface area contributed by atoms with Crippen molar-refractivity contribution >= 4 is 17.5 Å². The summed E-state index contributed by atoms with van der Waals surface area (Å²) in [5.41, 5.74) is 3.78. The highest BCUT2D eigenvalue weighted by Gasteiger charge is 2.49. The van der Waals surface area contributed by atoms with E-state index in [1.54, 1.807) is 0 Å². The molecule has 1 fully saturated rings. The number of anilines is 3. The Morgan fingerprint density at radius 2 is 1.81 bits per heavy atom. The lowest BCUT2D eigenvalue weighted by atomic mass is 9.65. The monoisotopic (exact) mass is 494 g/mol. The van der Waals surface area contributed by atoms with Crippen LogP contribution in [-0.4, -0.2) is 51.2 Å². The van der Waals surface area contributed by atoms with Crippen LogP contribution < -0.4 is 15.4 Å². The van der Waals surface area contributed by atoms with Crippen LogP contribution in [0, 0.1) is 25.1 Å². The zero-order valence-electron chi connectivity index (χ0n) is 22.7. The highest BCUT2D eigenvalue weighted by molar-refractivity contribution is 5.64. The summed E-state index contributed by atoms with van der Waals surface area (Å²) in [6, 6.07) is 10.1. The number of ether oxygens (including phenoxy) is 1. The van der Waals surface area contributed by atoms with E-state index in [-0.39, 0.29) is 22.8 Å². The van der Waals surface area contributed by atoms with Crippen LogP contribution in [0.2, 0.25) is 0 Å². The largest absolute Gasteiger partial charge is 0.492 e. The Morgan fingerprint density at radius 3 is 2.47 bits per heavy atom. The molecule has 0 radical (unpaired) electrons. The molecule has 0 aliphatic carbocycles. The van der Waals surface area contributed by atoms with E-state index in [0.29, 0.717) is 12.6 Å². The van der Waals surface area contributed by atoms with Crippen molar-refractivity contribution in [2.24, 2.45) is 5.41 Å². The summed E-state index contributed by atoms with van der Waals surface area (Å²) in [6.07, 6.45) is 2.12. The van der Waals surface area contributed by atoms with Gasteiger partial charge in [0, 0.05) is 40.6 Å². The molecule has 0 bridgehead atoms. The molecular weight excluding hydrogens is 455 g/mol. The van der Waals surface area contributed by atoms with E-state index in [4.69, 9.17) is 4.74 Å². The van der Waals surface area contributed by atoms with Gasteiger partial charge in [0.1, 0.15) is 5.75 Å². The molecule has 7 nitrogen and oxygen atoms in total. The number of aromatic nitrogens is 3. The molecule has 0 saturated carbocycles. The van der Waals surface area contributed by atoms with Crippen LogP contribution in [0.3, 0.4) is 0 Å². The van der Waals surface area contributed by atoms with Crippen molar-refractivity contribution in [3.8, 4) is 11.4 Å². The van der Waals surface area contributed by atoms with Crippen molar-refractivity contribution in [1.82, 2.24) is 19.4 Å². The maximum absolute atomic E-state index is 14.8. The van der Waals surface area contributed by atoms with Gasteiger partial charge in [-0.25, -0.2) is 9.37 Å². The predicted octanol–water partition coefficient (Wildman–Crippen LogP) is 6.09. The van der Waals surface area contributed by atoms with Crippen LogP contribution in [0.15, 0.2) is 36.5 Å². The van der Waals surface area contributed by atoms with E-state index >= 15 is 0 Å². The van der Waals surface area contributed by atoms with Gasteiger partial charge in [0.05, 0.1) is 18.5 Å². The van der Waals surface area contributed by atoms with Crippen LogP contribution >= 0.6 is 0 Å². The second kappa shape index (κ2) is 9.73. The summed E-state index contributed by atoms with van der Waals surface area (Å²) in [5, 5.41) is 6.66. The predicted molar refractivity (Wildman–Crippen MR) is 144 cm³/mol. The van der Waals surface area contributed by atoms with Gasteiger partial charge in [0.15, 0.2) is 11.6 Å². The lowest BCUT2D eigenvalue weighted by molar-refractivity contribution is -0.0218. The third-order valence-electron chi connectivity index (χ3n) is 8.24. The minimum Gasteiger partial charge on any atom is -0.492 e. The van der Waals surface area contributed by atoms with Crippen molar-refractivity contribution in [3.05, 3.63) is 53.7 Å². The topological polar surface area (TPSA) is 67.2 Å². The Kier molecular flexibility index (Phi) is 7.01. The number of hydrogen-bond acceptors (Lipinski definition) is 6. The fourth-order valence-electron chi connectivity index (χ4n) is 5.05. The molecule has 36 heavy (non-hydrogen) atoms. The summed E-state index contributed by atoms with van der Waals surface area (Å²) in [7, 11) is 2.15. The van der Waals surface area contributed by atoms with Crippen LogP contribution in [0.5, 0.6) is 5.75 Å². The fourth-order valence-corrected chi connectivity index (χ4v) is 5.05. The van der Waals surface area contributed by atoms with Crippen molar-refractivity contribution < 1.29 is 9.13 Å². The van der Waals surface area contributed by atoms with Gasteiger partial charge in [-0.05, 0) is 78.4 Å². The molecule has 1 aliphatic heterocycles. The minimum atomic E-state index is -0.459. The summed E-state index contributed by atoms with van der Waals surface area (Å²) in [6.45, 7) is 16.5. The Hall–Kier alpha value is -3.13. The number of nitrogens with one attached hydrogen (secondary N) is 2. The molecule has 1 atom stereocenters. The second-order valence-electron chi connectivity index (χ2n) is 10.8. The third-order valence-corrected chi connectivity index (χ3v) is 8.24. The van der Waals surface area contributed by atoms with Gasteiger partial charge in [0.2, 0.25) is 5.95 Å². The lowest BCUT2D eigenvalue weighted by Crippen LogP contribution is -2.63. The maximum atomic E-state index is 14.8. The SMILES string of the molecule is CCOc1ccc(Nc2ncc(F)c(NC3CCN(C)C(C)(C)C3(C)C)n2)cc1-n1c(C)ccc1C. The van der Waals surface area contributed by atoms with E-state index < -0.39 is 5.82 Å². The summed E-state index contributed by atoms with van der Waals surface area (Å²) < 4.78 is 22.9. The number of benzene rings is 1. The van der Waals surface area contributed by atoms with Crippen LogP contribution in [0.1, 0.15) is 52.4 Å². The molecule has 1 saturated heterocycles. The first kappa shape index (κ1) is 25.9. The van der Waals surface area contributed by atoms with Crippen LogP contribution in [-0.2, 0) is 0 Å². The number of likely N-dealkylation sites (tertiary alicyclic amines) is 1. The number of hydrogen-bond donors (Lipinski definition) is 2. The fraction of sp³-hybridized carbons (Fsp3) is 0.500. The zero-order valence-corrected chi connectivity index (χ0v) is 22.7. The van der Waals surface area contributed by atoms with Crippen molar-refractivity contribution in [2.75, 3.05) is 30.8 Å². The Labute approximate surface area is 214 Å². The van der Waals surface area contributed by atoms with Gasteiger partial charge in [-0.3, -0.25) is 0 Å². The zero-order chi connectivity index (χ0) is 26.3. The van der Waals surface area contributed by atoms with E-state index in [0.717, 1.165) is 41.5 Å². The van der Waals surface area contributed by atoms with Crippen LogP contribution in [0.4, 0.5) is 21.8 Å². The third kappa shape index (κ3) is 4.66. The molecule has 3 aromatic rings. The number of piperidine rings is 1. The number of aryl methyl sites for hydroxylation is 2. The molecule has 4 rings (SSSR count). The first-order chi connectivity index (χ1) is 17.0. The van der Waals surface area contributed by atoms with E-state index in [9.17, 15) is 4.39 Å². The van der Waals surface area contributed by atoms with Crippen LogP contribution in [0.25, 0.3) is 5.69 Å². The second-order valence-corrected chi connectivity index (χ2v) is 10.8. The Morgan fingerprint density at radius 1 is 1.11 bits per heavy atom. The maximum Gasteiger partial charge on any atom is 0.229 e. The molecular formula is C28H39FN6O. The summed E-state index contributed by atoms with van der Waals surface area (Å²) in [4.78, 5) is 11.1. The molecule has 1 unspecified atom stereocenters. The molecule has 2 aromatic heterocycles. The molecule has 1 aromatic carbocycles. The van der Waals surface area contributed by atoms with Gasteiger partial charge >= 0.3 is 0 Å². The van der Waals surface area contributed by atoms with Gasteiger partial charge in [-0.15, -0.1) is 0 Å². The summed E-state index contributed by atoms with van der Waals surface area (Å²) >= 11 is 0. The number of nitrogens with zero attached hydrogens (tertiary/aromatic N) is 4. The van der Waals surface area contributed by atoms with E-state index in [1.165, 1.54) is 6.20 Å². The molecule has 194 valence electrons. The molecule has 1 aliphatic rings. The normalized spacial score (nSPS) is 19.2. The minimum absolute atomic E-state index is 0.0546. The average molecular weight is 495 g/mol. The Bertz CT molecular complexity index is 1220. The van der Waals surface area contributed by atoms with Crippen molar-refractivity contribution in [1.29, 1.82) is 0 Å². The molecule has 3 heterocycles. The van der Waals surface area contributed by atoms with Gasteiger partial charge < -0.3 is 24.8 Å². The highest BCUT2D eigenvalue weighted by Crippen LogP contribution is 2.44. The van der Waals surface area contributed by atoms with Gasteiger partial charge in [0.25, 0.3) is 0 Å². The molecule has 8 heteroatoms. The Balaban J connectivity index is 1.62. The lowest BCUT2D eigenvalue weighted by Gasteiger charge is -2.56. The highest BCUT2D eigenvalue weighted by atomic mass is 19.1. The quantitative estimate of drug-likeness (QED) is 0.415. The molecule has 0 spiro atoms. The first-order valence-electron chi connectivity index (χ1n) is 12.6. The van der Waals surface area contributed by atoms with E-state index in [1.807, 2.05) is 25.1 Å².